The lowest BCUT2D eigenvalue weighted by atomic mass is 10.1. The van der Waals surface area contributed by atoms with Crippen LogP contribution in [0.25, 0.3) is 0 Å². The van der Waals surface area contributed by atoms with Gasteiger partial charge in [0.2, 0.25) is 5.91 Å². The largest absolute Gasteiger partial charge is 0.344 e. The number of aryl methyl sites for hydroxylation is 2. The molecule has 1 amide bonds. The molecule has 2 aromatic rings. The molecule has 1 aliphatic rings. The van der Waals surface area contributed by atoms with Crippen molar-refractivity contribution in [3.8, 4) is 0 Å². The maximum Gasteiger partial charge on any atom is 0.242 e. The number of amides is 1. The highest BCUT2D eigenvalue weighted by Crippen LogP contribution is 2.40. The summed E-state index contributed by atoms with van der Waals surface area (Å²) >= 11 is 0. The van der Waals surface area contributed by atoms with Crippen molar-refractivity contribution < 1.29 is 9.59 Å². The van der Waals surface area contributed by atoms with Crippen LogP contribution in [0.4, 0.5) is 0 Å². The number of Topliss-reactive ketones (excluding diaryl/α,β-unsaturated/α-hetero) is 1. The van der Waals surface area contributed by atoms with Gasteiger partial charge in [0.1, 0.15) is 12.4 Å². The average Bonchev–Trinajstić information content (AvgIpc) is 3.19. The zero-order valence-electron chi connectivity index (χ0n) is 14.5. The highest BCUT2D eigenvalue weighted by atomic mass is 16.2. The van der Waals surface area contributed by atoms with Gasteiger partial charge in [-0.1, -0.05) is 0 Å². The van der Waals surface area contributed by atoms with E-state index in [1.807, 2.05) is 24.7 Å². The average molecular weight is 329 g/mol. The highest BCUT2D eigenvalue weighted by molar-refractivity contribution is 5.96. The second kappa shape index (κ2) is 6.22. The quantitative estimate of drug-likeness (QED) is 0.818. The van der Waals surface area contributed by atoms with Crippen LogP contribution in [0.2, 0.25) is 0 Å². The predicted molar refractivity (Wildman–Crippen MR) is 88.5 cm³/mol. The Labute approximate surface area is 141 Å². The van der Waals surface area contributed by atoms with Gasteiger partial charge in [-0.05, 0) is 39.5 Å². The van der Waals surface area contributed by atoms with Gasteiger partial charge in [-0.3, -0.25) is 14.3 Å². The van der Waals surface area contributed by atoms with E-state index < -0.39 is 0 Å². The molecular formula is C17H23N5O2. The highest BCUT2D eigenvalue weighted by Gasteiger charge is 2.35. The first-order valence-corrected chi connectivity index (χ1v) is 8.20. The Hall–Kier alpha value is -2.44. The third-order valence-corrected chi connectivity index (χ3v) is 4.57. The summed E-state index contributed by atoms with van der Waals surface area (Å²) in [6, 6.07) is -0.0678. The molecule has 128 valence electrons. The Morgan fingerprint density at radius 3 is 2.58 bits per heavy atom. The Bertz CT molecular complexity index is 785. The van der Waals surface area contributed by atoms with Crippen LogP contribution in [0.5, 0.6) is 0 Å². The lowest BCUT2D eigenvalue weighted by Crippen LogP contribution is -2.34. The van der Waals surface area contributed by atoms with Crippen LogP contribution in [-0.4, -0.2) is 31.0 Å². The number of ketones is 1. The first kappa shape index (κ1) is 16.4. The SMILES string of the molecule is CC(=O)c1c(C)nn(CC(=O)N[C@H](c2nccn2C)C2CC2)c1C. The van der Waals surface area contributed by atoms with Crippen LogP contribution in [0.1, 0.15) is 53.4 Å². The van der Waals surface area contributed by atoms with E-state index in [1.165, 1.54) is 6.92 Å². The van der Waals surface area contributed by atoms with Gasteiger partial charge in [0.15, 0.2) is 5.78 Å². The Balaban J connectivity index is 1.74. The molecule has 7 heteroatoms. The van der Waals surface area contributed by atoms with Crippen molar-refractivity contribution in [2.24, 2.45) is 13.0 Å². The van der Waals surface area contributed by atoms with Crippen molar-refractivity contribution >= 4 is 11.7 Å². The molecular weight excluding hydrogens is 306 g/mol. The predicted octanol–water partition coefficient (Wildman–Crippen LogP) is 1.70. The Morgan fingerprint density at radius 2 is 2.08 bits per heavy atom. The van der Waals surface area contributed by atoms with Crippen molar-refractivity contribution in [1.82, 2.24) is 24.6 Å². The molecule has 0 spiro atoms. The van der Waals surface area contributed by atoms with Gasteiger partial charge in [0.05, 0.1) is 17.3 Å². The molecule has 0 unspecified atom stereocenters. The molecule has 0 bridgehead atoms. The summed E-state index contributed by atoms with van der Waals surface area (Å²) in [5.41, 5.74) is 2.00. The van der Waals surface area contributed by atoms with Gasteiger partial charge in [-0.2, -0.15) is 5.10 Å². The van der Waals surface area contributed by atoms with E-state index in [9.17, 15) is 9.59 Å². The number of carbonyl (C=O) groups excluding carboxylic acids is 2. The molecule has 0 aliphatic heterocycles. The molecule has 7 nitrogen and oxygen atoms in total. The third-order valence-electron chi connectivity index (χ3n) is 4.57. The van der Waals surface area contributed by atoms with Crippen LogP contribution in [0.3, 0.4) is 0 Å². The summed E-state index contributed by atoms with van der Waals surface area (Å²) < 4.78 is 3.55. The van der Waals surface area contributed by atoms with Crippen LogP contribution < -0.4 is 5.32 Å². The summed E-state index contributed by atoms with van der Waals surface area (Å²) in [7, 11) is 1.93. The molecule has 0 radical (unpaired) electrons. The van der Waals surface area contributed by atoms with Crippen LogP contribution in [-0.2, 0) is 18.4 Å². The summed E-state index contributed by atoms with van der Waals surface area (Å²) in [5.74, 6) is 1.18. The van der Waals surface area contributed by atoms with Crippen molar-refractivity contribution in [3.63, 3.8) is 0 Å². The fraction of sp³-hybridized carbons (Fsp3) is 0.529. The molecule has 2 aromatic heterocycles. The van der Waals surface area contributed by atoms with Crippen molar-refractivity contribution in [3.05, 3.63) is 35.2 Å². The number of imidazole rings is 1. The summed E-state index contributed by atoms with van der Waals surface area (Å²) in [5, 5.41) is 7.42. The third kappa shape index (κ3) is 3.11. The monoisotopic (exact) mass is 329 g/mol. The fourth-order valence-electron chi connectivity index (χ4n) is 3.22. The molecule has 3 rings (SSSR count). The molecule has 2 heterocycles. The van der Waals surface area contributed by atoms with Gasteiger partial charge >= 0.3 is 0 Å². The van der Waals surface area contributed by atoms with Gasteiger partial charge < -0.3 is 9.88 Å². The standard InChI is InChI=1S/C17H23N5O2/c1-10-15(12(3)23)11(2)22(20-10)9-14(24)19-16(13-5-6-13)17-18-7-8-21(17)4/h7-8,13,16H,5-6,9H2,1-4H3,(H,19,24)/t16-/m0/s1. The summed E-state index contributed by atoms with van der Waals surface area (Å²) in [4.78, 5) is 28.6. The molecule has 24 heavy (non-hydrogen) atoms. The van der Waals surface area contributed by atoms with E-state index >= 15 is 0 Å². The van der Waals surface area contributed by atoms with E-state index in [1.54, 1.807) is 17.8 Å². The van der Waals surface area contributed by atoms with E-state index in [-0.39, 0.29) is 24.3 Å². The molecule has 1 saturated carbocycles. The van der Waals surface area contributed by atoms with Gasteiger partial charge in [-0.15, -0.1) is 0 Å². The van der Waals surface area contributed by atoms with Gasteiger partial charge in [-0.25, -0.2) is 4.98 Å². The zero-order chi connectivity index (χ0) is 17.4. The maximum atomic E-state index is 12.5. The number of carbonyl (C=O) groups is 2. The molecule has 1 aliphatic carbocycles. The van der Waals surface area contributed by atoms with Crippen molar-refractivity contribution in [1.29, 1.82) is 0 Å². The number of nitrogens with one attached hydrogen (secondary N) is 1. The number of hydrogen-bond donors (Lipinski definition) is 1. The number of nitrogens with zero attached hydrogens (tertiary/aromatic N) is 4. The van der Waals surface area contributed by atoms with Gasteiger partial charge in [0, 0.05) is 25.1 Å². The van der Waals surface area contributed by atoms with Crippen molar-refractivity contribution in [2.75, 3.05) is 0 Å². The van der Waals surface area contributed by atoms with Crippen LogP contribution in [0.15, 0.2) is 12.4 Å². The van der Waals surface area contributed by atoms with Crippen molar-refractivity contribution in [2.45, 2.75) is 46.2 Å². The molecule has 1 fully saturated rings. The number of aromatic nitrogens is 4. The molecule has 0 saturated heterocycles. The fourth-order valence-corrected chi connectivity index (χ4v) is 3.22. The van der Waals surface area contributed by atoms with E-state index in [4.69, 9.17) is 0 Å². The summed E-state index contributed by atoms with van der Waals surface area (Å²) in [6.45, 7) is 5.24. The molecule has 1 N–H and O–H groups in total. The second-order valence-electron chi connectivity index (χ2n) is 6.54. The van der Waals surface area contributed by atoms with Crippen LogP contribution >= 0.6 is 0 Å². The first-order valence-electron chi connectivity index (χ1n) is 8.20. The minimum atomic E-state index is -0.115. The maximum absolute atomic E-state index is 12.5. The van der Waals surface area contributed by atoms with E-state index in [0.29, 0.717) is 17.2 Å². The van der Waals surface area contributed by atoms with Gasteiger partial charge in [0.25, 0.3) is 0 Å². The lowest BCUT2D eigenvalue weighted by molar-refractivity contribution is -0.122. The zero-order valence-corrected chi connectivity index (χ0v) is 14.5. The van der Waals surface area contributed by atoms with E-state index in [2.05, 4.69) is 15.4 Å². The van der Waals surface area contributed by atoms with E-state index in [0.717, 1.165) is 24.4 Å². The Kier molecular flexibility index (Phi) is 4.26. The smallest absolute Gasteiger partial charge is 0.242 e. The first-order chi connectivity index (χ1) is 11.4. The second-order valence-corrected chi connectivity index (χ2v) is 6.54. The lowest BCUT2D eigenvalue weighted by Gasteiger charge is -2.18. The van der Waals surface area contributed by atoms with Crippen LogP contribution in [0, 0.1) is 19.8 Å². The minimum Gasteiger partial charge on any atom is -0.344 e. The topological polar surface area (TPSA) is 81.8 Å². The molecule has 0 aromatic carbocycles. The Morgan fingerprint density at radius 1 is 1.38 bits per heavy atom. The minimum absolute atomic E-state index is 0.0273. The number of hydrogen-bond acceptors (Lipinski definition) is 4. The normalized spacial score (nSPS) is 15.3. The summed E-state index contributed by atoms with van der Waals surface area (Å²) in [6.07, 6.45) is 5.84. The molecule has 1 atom stereocenters. The number of rotatable bonds is 6.